The fraction of sp³-hybridized carbons (Fsp3) is 1.00. The summed E-state index contributed by atoms with van der Waals surface area (Å²) in [4.78, 5) is 0. The highest BCUT2D eigenvalue weighted by atomic mass is 31.2. The maximum absolute atomic E-state index is 6.30. The van der Waals surface area contributed by atoms with Crippen LogP contribution in [0.5, 0.6) is 0 Å². The summed E-state index contributed by atoms with van der Waals surface area (Å²) in [5.41, 5.74) is 5.83. The van der Waals surface area contributed by atoms with Gasteiger partial charge in [0, 0.05) is 12.1 Å². The molecule has 5 heteroatoms. The van der Waals surface area contributed by atoms with Crippen LogP contribution in [-0.2, 0) is 4.52 Å². The van der Waals surface area contributed by atoms with Gasteiger partial charge in [-0.15, -0.1) is 0 Å². The van der Waals surface area contributed by atoms with E-state index >= 15 is 0 Å². The summed E-state index contributed by atoms with van der Waals surface area (Å²) in [5, 5.41) is 0. The van der Waals surface area contributed by atoms with Gasteiger partial charge in [0.1, 0.15) is 0 Å². The maximum atomic E-state index is 6.30. The van der Waals surface area contributed by atoms with E-state index < -0.39 is 8.45 Å². The van der Waals surface area contributed by atoms with E-state index in [0.717, 1.165) is 12.5 Å². The Balaban J connectivity index is 2.63. The molecular formula is C14H32N3OP. The second-order valence-corrected chi connectivity index (χ2v) is 8.02. The van der Waals surface area contributed by atoms with Gasteiger partial charge in [-0.05, 0) is 53.5 Å². The zero-order valence-corrected chi connectivity index (χ0v) is 14.2. The van der Waals surface area contributed by atoms with Gasteiger partial charge in [0.05, 0.1) is 13.3 Å². The van der Waals surface area contributed by atoms with Gasteiger partial charge >= 0.3 is 0 Å². The highest BCUT2D eigenvalue weighted by Gasteiger charge is 2.30. The molecule has 1 atom stereocenters. The smallest absolute Gasteiger partial charge is 0.189 e. The second-order valence-electron chi connectivity index (χ2n) is 6.11. The van der Waals surface area contributed by atoms with E-state index in [1.807, 2.05) is 0 Å². The molecule has 0 aromatic rings. The van der Waals surface area contributed by atoms with E-state index in [1.165, 1.54) is 25.7 Å². The molecule has 0 aromatic carbocycles. The molecule has 1 aliphatic rings. The van der Waals surface area contributed by atoms with Crippen molar-refractivity contribution in [3.8, 4) is 0 Å². The maximum Gasteiger partial charge on any atom is 0.189 e. The molecule has 2 N–H and O–H groups in total. The first kappa shape index (κ1) is 17.3. The van der Waals surface area contributed by atoms with Crippen molar-refractivity contribution in [3.05, 3.63) is 0 Å². The van der Waals surface area contributed by atoms with Gasteiger partial charge in [-0.1, -0.05) is 12.8 Å². The first-order chi connectivity index (χ1) is 8.97. The zero-order valence-electron chi connectivity index (χ0n) is 13.3. The van der Waals surface area contributed by atoms with Gasteiger partial charge in [0.2, 0.25) is 0 Å². The number of rotatable bonds is 8. The number of nitrogens with zero attached hydrogens (tertiary/aromatic N) is 2. The number of hydrogen-bond donors (Lipinski definition) is 1. The Morgan fingerprint density at radius 3 is 2.11 bits per heavy atom. The summed E-state index contributed by atoms with van der Waals surface area (Å²) in [6, 6.07) is 0.951. The molecule has 19 heavy (non-hydrogen) atoms. The molecule has 0 aromatic heterocycles. The van der Waals surface area contributed by atoms with Crippen molar-refractivity contribution in [2.24, 2.45) is 11.7 Å². The zero-order chi connectivity index (χ0) is 14.4. The highest BCUT2D eigenvalue weighted by Crippen LogP contribution is 2.47. The molecule has 0 amide bonds. The number of nitrogens with two attached hydrogens (primary N) is 1. The van der Waals surface area contributed by atoms with Crippen LogP contribution in [0.2, 0.25) is 0 Å². The summed E-state index contributed by atoms with van der Waals surface area (Å²) in [6.45, 7) is 10.4. The van der Waals surface area contributed by atoms with Gasteiger partial charge in [-0.25, -0.2) is 9.34 Å². The molecule has 0 radical (unpaired) electrons. The lowest BCUT2D eigenvalue weighted by molar-refractivity contribution is 0.198. The molecule has 114 valence electrons. The molecule has 1 unspecified atom stereocenters. The lowest BCUT2D eigenvalue weighted by Gasteiger charge is -2.40. The Bertz CT molecular complexity index is 237. The molecule has 1 fully saturated rings. The van der Waals surface area contributed by atoms with Crippen LogP contribution in [0, 0.1) is 5.92 Å². The van der Waals surface area contributed by atoms with E-state index in [-0.39, 0.29) is 0 Å². The third kappa shape index (κ3) is 5.28. The van der Waals surface area contributed by atoms with Crippen molar-refractivity contribution in [2.75, 3.05) is 20.3 Å². The lowest BCUT2D eigenvalue weighted by Crippen LogP contribution is -2.39. The third-order valence-corrected chi connectivity index (χ3v) is 6.16. The highest BCUT2D eigenvalue weighted by molar-refractivity contribution is 7.47. The topological polar surface area (TPSA) is 41.7 Å². The molecule has 1 saturated carbocycles. The molecule has 0 aliphatic heterocycles. The van der Waals surface area contributed by atoms with Crippen molar-refractivity contribution < 1.29 is 4.52 Å². The van der Waals surface area contributed by atoms with Crippen molar-refractivity contribution >= 4 is 8.45 Å². The Morgan fingerprint density at radius 2 is 1.68 bits per heavy atom. The van der Waals surface area contributed by atoms with Gasteiger partial charge in [0.25, 0.3) is 0 Å². The predicted molar refractivity (Wildman–Crippen MR) is 83.8 cm³/mol. The standard InChI is InChI=1S/C14H32N3OP/c1-12(2)17(13(3)4)19(16(5)11-15)18-10-14-8-6-7-9-14/h12-14H,6-11,15H2,1-5H3. The van der Waals surface area contributed by atoms with Crippen LogP contribution in [0.4, 0.5) is 0 Å². The molecular weight excluding hydrogens is 257 g/mol. The minimum atomic E-state index is -0.739. The SMILES string of the molecule is CC(C)N(C(C)C)P(OCC1CCCC1)N(C)CN. The third-order valence-electron chi connectivity index (χ3n) is 3.71. The molecule has 0 bridgehead atoms. The quantitative estimate of drug-likeness (QED) is 0.549. The number of hydrogen-bond acceptors (Lipinski definition) is 4. The Labute approximate surface area is 120 Å². The van der Waals surface area contributed by atoms with Crippen LogP contribution in [0.25, 0.3) is 0 Å². The van der Waals surface area contributed by atoms with Crippen molar-refractivity contribution in [3.63, 3.8) is 0 Å². The average molecular weight is 289 g/mol. The summed E-state index contributed by atoms with van der Waals surface area (Å²) in [6.07, 6.45) is 5.41. The molecule has 4 nitrogen and oxygen atoms in total. The first-order valence-electron chi connectivity index (χ1n) is 7.59. The van der Waals surface area contributed by atoms with E-state index in [1.54, 1.807) is 0 Å². The van der Waals surface area contributed by atoms with Crippen molar-refractivity contribution in [1.29, 1.82) is 0 Å². The van der Waals surface area contributed by atoms with Gasteiger partial charge in [0.15, 0.2) is 8.45 Å². The lowest BCUT2D eigenvalue weighted by atomic mass is 10.1. The predicted octanol–water partition coefficient (Wildman–Crippen LogP) is 3.39. The van der Waals surface area contributed by atoms with Crippen LogP contribution < -0.4 is 5.73 Å². The van der Waals surface area contributed by atoms with E-state index in [0.29, 0.717) is 18.8 Å². The van der Waals surface area contributed by atoms with Crippen LogP contribution >= 0.6 is 8.45 Å². The fourth-order valence-corrected chi connectivity index (χ4v) is 4.71. The minimum absolute atomic E-state index is 0.476. The Kier molecular flexibility index (Phi) is 7.78. The summed E-state index contributed by atoms with van der Waals surface area (Å²) < 4.78 is 10.9. The normalized spacial score (nSPS) is 19.3. The van der Waals surface area contributed by atoms with Crippen LogP contribution in [0.3, 0.4) is 0 Å². The summed E-state index contributed by atoms with van der Waals surface area (Å²) >= 11 is 0. The monoisotopic (exact) mass is 289 g/mol. The van der Waals surface area contributed by atoms with Crippen molar-refractivity contribution in [1.82, 2.24) is 9.34 Å². The first-order valence-corrected chi connectivity index (χ1v) is 8.76. The Morgan fingerprint density at radius 1 is 1.16 bits per heavy atom. The summed E-state index contributed by atoms with van der Waals surface area (Å²) in [7, 11) is 1.33. The molecule has 1 aliphatic carbocycles. The summed E-state index contributed by atoms with van der Waals surface area (Å²) in [5.74, 6) is 0.761. The molecule has 0 heterocycles. The van der Waals surface area contributed by atoms with Crippen LogP contribution in [0.15, 0.2) is 0 Å². The van der Waals surface area contributed by atoms with Crippen LogP contribution in [0.1, 0.15) is 53.4 Å². The van der Waals surface area contributed by atoms with Gasteiger partial charge in [-0.2, -0.15) is 0 Å². The van der Waals surface area contributed by atoms with Gasteiger partial charge < -0.3 is 10.3 Å². The van der Waals surface area contributed by atoms with E-state index in [9.17, 15) is 0 Å². The van der Waals surface area contributed by atoms with E-state index in [4.69, 9.17) is 10.3 Å². The second kappa shape index (κ2) is 8.53. The van der Waals surface area contributed by atoms with E-state index in [2.05, 4.69) is 44.1 Å². The van der Waals surface area contributed by atoms with Crippen molar-refractivity contribution in [2.45, 2.75) is 65.5 Å². The molecule has 1 rings (SSSR count). The minimum Gasteiger partial charge on any atom is -0.331 e. The molecule has 0 spiro atoms. The van der Waals surface area contributed by atoms with Crippen LogP contribution in [-0.4, -0.2) is 41.7 Å². The average Bonchev–Trinajstić information content (AvgIpc) is 2.85. The van der Waals surface area contributed by atoms with Gasteiger partial charge in [-0.3, -0.25) is 0 Å². The Hall–Kier alpha value is 0.270. The molecule has 0 saturated heterocycles. The fourth-order valence-electron chi connectivity index (χ4n) is 2.75. The largest absolute Gasteiger partial charge is 0.331 e.